The summed E-state index contributed by atoms with van der Waals surface area (Å²) in [5.41, 5.74) is 1.64. The number of aliphatic hydroxyl groups is 1. The normalized spacial score (nSPS) is 28.8. The van der Waals surface area contributed by atoms with E-state index in [9.17, 15) is 5.11 Å². The van der Waals surface area contributed by atoms with Crippen molar-refractivity contribution in [3.05, 3.63) is 17.6 Å². The van der Waals surface area contributed by atoms with E-state index in [1.165, 1.54) is 24.1 Å². The van der Waals surface area contributed by atoms with E-state index in [1.807, 2.05) is 0 Å². The fourth-order valence-corrected chi connectivity index (χ4v) is 4.17. The minimum absolute atomic E-state index is 0.410. The van der Waals surface area contributed by atoms with Crippen molar-refractivity contribution in [2.45, 2.75) is 37.7 Å². The quantitative estimate of drug-likeness (QED) is 0.882. The second kappa shape index (κ2) is 6.34. The van der Waals surface area contributed by atoms with Gasteiger partial charge >= 0.3 is 0 Å². The first-order valence-electron chi connectivity index (χ1n) is 8.84. The third-order valence-corrected chi connectivity index (χ3v) is 5.23. The number of anilines is 1. The number of hydrogen-bond donors (Lipinski definition) is 1. The van der Waals surface area contributed by atoms with Gasteiger partial charge < -0.3 is 19.6 Å². The average molecular weight is 318 g/mol. The summed E-state index contributed by atoms with van der Waals surface area (Å²) in [6, 6.07) is 0. The predicted octanol–water partition coefficient (Wildman–Crippen LogP) is 0.629. The molecule has 1 atom stereocenters. The van der Waals surface area contributed by atoms with E-state index in [4.69, 9.17) is 4.74 Å². The molecule has 2 aliphatic heterocycles. The van der Waals surface area contributed by atoms with Crippen LogP contribution in [0.4, 0.5) is 5.82 Å². The van der Waals surface area contributed by atoms with E-state index >= 15 is 0 Å². The van der Waals surface area contributed by atoms with Crippen molar-refractivity contribution >= 4 is 5.82 Å². The number of aromatic nitrogens is 2. The van der Waals surface area contributed by atoms with Gasteiger partial charge in [-0.15, -0.1) is 0 Å². The van der Waals surface area contributed by atoms with Gasteiger partial charge in [0.15, 0.2) is 0 Å². The van der Waals surface area contributed by atoms with Gasteiger partial charge in [-0.05, 0) is 45.2 Å². The molecule has 1 aromatic rings. The topological polar surface area (TPSA) is 61.7 Å². The minimum atomic E-state index is -0.822. The molecule has 1 aromatic heterocycles. The molecule has 0 spiro atoms. The molecule has 0 bridgehead atoms. The summed E-state index contributed by atoms with van der Waals surface area (Å²) in [5.74, 6) is 1.01. The fourth-order valence-electron chi connectivity index (χ4n) is 4.17. The Morgan fingerprint density at radius 3 is 2.87 bits per heavy atom. The zero-order chi connectivity index (χ0) is 15.7. The van der Waals surface area contributed by atoms with Crippen LogP contribution in [-0.2, 0) is 17.6 Å². The van der Waals surface area contributed by atoms with E-state index < -0.39 is 5.60 Å². The molecule has 0 saturated carbocycles. The highest BCUT2D eigenvalue weighted by atomic mass is 16.5. The number of hydrogen-bond acceptors (Lipinski definition) is 6. The van der Waals surface area contributed by atoms with Crippen LogP contribution in [-0.4, -0.2) is 71.5 Å². The molecule has 23 heavy (non-hydrogen) atoms. The Labute approximate surface area is 137 Å². The number of aryl methyl sites for hydroxylation is 1. The largest absolute Gasteiger partial charge is 0.384 e. The number of ether oxygens (including phenoxy) is 1. The van der Waals surface area contributed by atoms with Gasteiger partial charge in [0.25, 0.3) is 0 Å². The average Bonchev–Trinajstić information content (AvgIpc) is 3.17. The van der Waals surface area contributed by atoms with Gasteiger partial charge in [0.2, 0.25) is 0 Å². The molecule has 0 radical (unpaired) electrons. The van der Waals surface area contributed by atoms with Crippen LogP contribution in [0.2, 0.25) is 0 Å². The van der Waals surface area contributed by atoms with Gasteiger partial charge in [-0.2, -0.15) is 0 Å². The van der Waals surface area contributed by atoms with E-state index in [0.717, 1.165) is 44.7 Å². The molecule has 2 fully saturated rings. The first-order valence-corrected chi connectivity index (χ1v) is 8.84. The van der Waals surface area contributed by atoms with Gasteiger partial charge in [-0.25, -0.2) is 9.97 Å². The van der Waals surface area contributed by atoms with Crippen LogP contribution in [0.15, 0.2) is 6.33 Å². The number of β-amino-alcohol motifs (C(OH)–C–C–N with tert-alkyl or cyclic N) is 1. The van der Waals surface area contributed by atoms with Crippen LogP contribution in [0.25, 0.3) is 0 Å². The summed E-state index contributed by atoms with van der Waals surface area (Å²) >= 11 is 0. The molecular formula is C17H26N4O2. The zero-order valence-electron chi connectivity index (χ0n) is 13.7. The maximum absolute atomic E-state index is 11.1. The van der Waals surface area contributed by atoms with E-state index in [1.54, 1.807) is 6.33 Å². The van der Waals surface area contributed by atoms with Gasteiger partial charge in [-0.3, -0.25) is 0 Å². The van der Waals surface area contributed by atoms with Gasteiger partial charge in [0.05, 0.1) is 19.8 Å². The molecule has 1 aliphatic carbocycles. The Hall–Kier alpha value is -1.24. The summed E-state index contributed by atoms with van der Waals surface area (Å²) in [7, 11) is 0. The first-order chi connectivity index (χ1) is 11.2. The summed E-state index contributed by atoms with van der Waals surface area (Å²) < 4.78 is 5.73. The Balaban J connectivity index is 1.55. The molecule has 4 rings (SSSR count). The number of rotatable bonds is 3. The highest BCUT2D eigenvalue weighted by Gasteiger charge is 2.36. The Morgan fingerprint density at radius 1 is 1.13 bits per heavy atom. The third kappa shape index (κ3) is 3.20. The van der Waals surface area contributed by atoms with Crippen molar-refractivity contribution in [3.8, 4) is 0 Å². The van der Waals surface area contributed by atoms with Crippen LogP contribution >= 0.6 is 0 Å². The maximum atomic E-state index is 11.1. The second-order valence-corrected chi connectivity index (χ2v) is 7.16. The number of likely N-dealkylation sites (tertiary alicyclic amines) is 1. The molecule has 3 heterocycles. The molecule has 0 aromatic carbocycles. The minimum Gasteiger partial charge on any atom is -0.384 e. The first kappa shape index (κ1) is 15.3. The highest BCUT2D eigenvalue weighted by molar-refractivity contribution is 5.51. The summed E-state index contributed by atoms with van der Waals surface area (Å²) in [5, 5.41) is 11.1. The van der Waals surface area contributed by atoms with Crippen LogP contribution in [0.3, 0.4) is 0 Å². The smallest absolute Gasteiger partial charge is 0.135 e. The SMILES string of the molecule is O[C@]1(CN2CCCC2)COCCN(c2ncnc3c2CCC3)C1. The molecule has 126 valence electrons. The van der Waals surface area contributed by atoms with Crippen molar-refractivity contribution in [1.29, 1.82) is 0 Å². The maximum Gasteiger partial charge on any atom is 0.135 e. The van der Waals surface area contributed by atoms with Gasteiger partial charge in [0.1, 0.15) is 17.7 Å². The fraction of sp³-hybridized carbons (Fsp3) is 0.765. The van der Waals surface area contributed by atoms with Crippen molar-refractivity contribution in [1.82, 2.24) is 14.9 Å². The summed E-state index contributed by atoms with van der Waals surface area (Å²) in [4.78, 5) is 13.5. The van der Waals surface area contributed by atoms with Crippen LogP contribution < -0.4 is 4.90 Å². The summed E-state index contributed by atoms with van der Waals surface area (Å²) in [6.45, 7) is 5.29. The second-order valence-electron chi connectivity index (χ2n) is 7.16. The molecule has 0 unspecified atom stereocenters. The lowest BCUT2D eigenvalue weighted by Crippen LogP contribution is -2.52. The van der Waals surface area contributed by atoms with Crippen LogP contribution in [0.1, 0.15) is 30.5 Å². The molecule has 0 amide bonds. The van der Waals surface area contributed by atoms with Gasteiger partial charge in [0, 0.05) is 24.3 Å². The van der Waals surface area contributed by atoms with Crippen molar-refractivity contribution < 1.29 is 9.84 Å². The molecule has 6 heteroatoms. The monoisotopic (exact) mass is 318 g/mol. The van der Waals surface area contributed by atoms with Crippen molar-refractivity contribution in [2.75, 3.05) is 50.8 Å². The lowest BCUT2D eigenvalue weighted by molar-refractivity contribution is -0.0439. The Bertz CT molecular complexity index is 562. The highest BCUT2D eigenvalue weighted by Crippen LogP contribution is 2.29. The van der Waals surface area contributed by atoms with Gasteiger partial charge in [-0.1, -0.05) is 0 Å². The van der Waals surface area contributed by atoms with E-state index in [-0.39, 0.29) is 0 Å². The zero-order valence-corrected chi connectivity index (χ0v) is 13.7. The third-order valence-electron chi connectivity index (χ3n) is 5.23. The Kier molecular flexibility index (Phi) is 4.22. The van der Waals surface area contributed by atoms with E-state index in [0.29, 0.717) is 26.3 Å². The lowest BCUT2D eigenvalue weighted by atomic mass is 10.0. The summed E-state index contributed by atoms with van der Waals surface area (Å²) in [6.07, 6.45) is 7.40. The van der Waals surface area contributed by atoms with Crippen LogP contribution in [0, 0.1) is 0 Å². The predicted molar refractivity (Wildman–Crippen MR) is 87.7 cm³/mol. The molecule has 1 N–H and O–H groups in total. The van der Waals surface area contributed by atoms with Crippen molar-refractivity contribution in [2.24, 2.45) is 0 Å². The molecule has 3 aliphatic rings. The standard InChI is InChI=1S/C17H26N4O2/c22-17(10-20-6-1-2-7-20)11-21(8-9-23-12-17)16-14-4-3-5-15(14)18-13-19-16/h13,22H,1-12H2/t17-/m0/s1. The Morgan fingerprint density at radius 2 is 2.00 bits per heavy atom. The number of fused-ring (bicyclic) bond motifs is 1. The molecular weight excluding hydrogens is 292 g/mol. The van der Waals surface area contributed by atoms with Crippen LogP contribution in [0.5, 0.6) is 0 Å². The molecule has 6 nitrogen and oxygen atoms in total. The number of nitrogens with zero attached hydrogens (tertiary/aromatic N) is 4. The molecule has 2 saturated heterocycles. The lowest BCUT2D eigenvalue weighted by Gasteiger charge is -2.34. The van der Waals surface area contributed by atoms with Crippen molar-refractivity contribution in [3.63, 3.8) is 0 Å². The van der Waals surface area contributed by atoms with E-state index in [2.05, 4.69) is 19.8 Å².